The molecule has 1 radical (unpaired) electrons. The van der Waals surface area contributed by atoms with Gasteiger partial charge >= 0.3 is 0 Å². The molecular weight excluding hydrogens is 701 g/mol. The first kappa shape index (κ1) is 28.6. The molecule has 1 fully saturated rings. The quantitative estimate of drug-likeness (QED) is 0.134. The van der Waals surface area contributed by atoms with Crippen molar-refractivity contribution in [3.63, 3.8) is 0 Å². The van der Waals surface area contributed by atoms with E-state index in [0.717, 1.165) is 28.4 Å². The summed E-state index contributed by atoms with van der Waals surface area (Å²) >= 11 is 1.92. The van der Waals surface area contributed by atoms with Crippen LogP contribution < -0.4 is 5.19 Å². The second-order valence-corrected chi connectivity index (χ2v) is 17.4. The Morgan fingerprint density at radius 2 is 1.52 bits per heavy atom. The zero-order chi connectivity index (χ0) is 27.0. The molecule has 0 N–H and O–H groups in total. The zero-order valence-electron chi connectivity index (χ0n) is 23.3. The number of rotatable bonds is 4. The Morgan fingerprint density at radius 3 is 2.17 bits per heavy atom. The van der Waals surface area contributed by atoms with Crippen LogP contribution in [0.1, 0.15) is 29.9 Å². The first-order chi connectivity index (χ1) is 18.9. The molecule has 40 heavy (non-hydrogen) atoms. The third kappa shape index (κ3) is 6.03. The zero-order valence-corrected chi connectivity index (χ0v) is 27.5. The minimum Gasteiger partial charge on any atom is -0.304 e. The van der Waals surface area contributed by atoms with Crippen molar-refractivity contribution in [1.82, 2.24) is 9.97 Å². The van der Waals surface area contributed by atoms with Gasteiger partial charge in [0.25, 0.3) is 0 Å². The number of hydrogen-bond acceptors (Lipinski definition) is 3. The number of hydrogen-bond donors (Lipinski definition) is 0. The fraction of sp³-hybridized carbons (Fsp3) is 0.200. The number of benzene rings is 3. The first-order valence-corrected chi connectivity index (χ1v) is 17.9. The van der Waals surface area contributed by atoms with E-state index >= 15 is 0 Å². The van der Waals surface area contributed by atoms with Gasteiger partial charge in [-0.1, -0.05) is 67.5 Å². The van der Waals surface area contributed by atoms with E-state index in [9.17, 15) is 0 Å². The van der Waals surface area contributed by atoms with Gasteiger partial charge in [-0.25, -0.2) is 0 Å². The maximum absolute atomic E-state index is 4.79. The molecule has 203 valence electrons. The fourth-order valence-corrected chi connectivity index (χ4v) is 8.64. The van der Waals surface area contributed by atoms with Crippen molar-refractivity contribution in [3.8, 4) is 22.5 Å². The average Bonchev–Trinajstić information content (AvgIpc) is 3.73. The Bertz CT molecular complexity index is 1730. The van der Waals surface area contributed by atoms with Gasteiger partial charge in [0.2, 0.25) is 0 Å². The molecular formula is C35H32IrN2SSi-2. The Balaban J connectivity index is 0.000000195. The van der Waals surface area contributed by atoms with E-state index in [0.29, 0.717) is 0 Å². The van der Waals surface area contributed by atoms with Crippen molar-refractivity contribution in [2.45, 2.75) is 45.3 Å². The SMILES string of the molecule is C[Si](C)(C)c1cccc2c1sc1c(-c3ccc(C4CC4)cn3)[c-]ccc12.Cc1ccc(-c2[c-]cccc2)nc1.[Ir]. The van der Waals surface area contributed by atoms with Gasteiger partial charge in [0.1, 0.15) is 0 Å². The molecule has 0 amide bonds. The second-order valence-electron chi connectivity index (χ2n) is 11.4. The number of fused-ring (bicyclic) bond motifs is 3. The van der Waals surface area contributed by atoms with Crippen LogP contribution in [0.5, 0.6) is 0 Å². The predicted molar refractivity (Wildman–Crippen MR) is 170 cm³/mol. The Kier molecular flexibility index (Phi) is 8.49. The molecule has 2 nitrogen and oxygen atoms in total. The van der Waals surface area contributed by atoms with Crippen molar-refractivity contribution in [1.29, 1.82) is 0 Å². The minimum atomic E-state index is -1.39. The van der Waals surface area contributed by atoms with E-state index in [4.69, 9.17) is 4.98 Å². The van der Waals surface area contributed by atoms with Gasteiger partial charge in [-0.05, 0) is 63.5 Å². The largest absolute Gasteiger partial charge is 0.304 e. The van der Waals surface area contributed by atoms with Crippen molar-refractivity contribution >= 4 is 44.8 Å². The average molecular weight is 733 g/mol. The molecule has 6 aromatic rings. The summed E-state index contributed by atoms with van der Waals surface area (Å²) in [6, 6.07) is 34.1. The van der Waals surface area contributed by atoms with E-state index in [1.807, 2.05) is 54.8 Å². The Labute approximate surface area is 255 Å². The van der Waals surface area contributed by atoms with Crippen molar-refractivity contribution in [2.75, 3.05) is 0 Å². The maximum Gasteiger partial charge on any atom is 0.0794 e. The van der Waals surface area contributed by atoms with Gasteiger partial charge in [0, 0.05) is 37.2 Å². The molecule has 1 saturated carbocycles. The maximum atomic E-state index is 4.79. The van der Waals surface area contributed by atoms with Crippen molar-refractivity contribution in [2.24, 2.45) is 0 Å². The van der Waals surface area contributed by atoms with Crippen LogP contribution in [-0.4, -0.2) is 18.0 Å². The van der Waals surface area contributed by atoms with E-state index in [2.05, 4.69) is 91.5 Å². The van der Waals surface area contributed by atoms with Crippen LogP contribution in [0.2, 0.25) is 19.6 Å². The van der Waals surface area contributed by atoms with E-state index in [1.165, 1.54) is 44.1 Å². The van der Waals surface area contributed by atoms with Crippen LogP contribution in [0.25, 0.3) is 42.7 Å². The molecule has 5 heteroatoms. The molecule has 0 unspecified atom stereocenters. The summed E-state index contributed by atoms with van der Waals surface area (Å²) in [6.07, 6.45) is 6.58. The molecule has 1 aliphatic rings. The van der Waals surface area contributed by atoms with Crippen LogP contribution in [0.3, 0.4) is 0 Å². The van der Waals surface area contributed by atoms with Crippen molar-refractivity contribution in [3.05, 3.63) is 115 Å². The molecule has 0 atom stereocenters. The number of aromatic nitrogens is 2. The molecule has 0 saturated heterocycles. The summed E-state index contributed by atoms with van der Waals surface area (Å²) in [5, 5.41) is 4.28. The third-order valence-corrected chi connectivity index (χ3v) is 10.7. The first-order valence-electron chi connectivity index (χ1n) is 13.6. The summed E-state index contributed by atoms with van der Waals surface area (Å²) in [5.74, 6) is 0.750. The molecule has 0 bridgehead atoms. The summed E-state index contributed by atoms with van der Waals surface area (Å²) in [6.45, 7) is 9.32. The monoisotopic (exact) mass is 733 g/mol. The smallest absolute Gasteiger partial charge is 0.0794 e. The van der Waals surface area contributed by atoms with Gasteiger partial charge in [-0.15, -0.1) is 59.7 Å². The topological polar surface area (TPSA) is 25.8 Å². The van der Waals surface area contributed by atoms with Gasteiger partial charge in [0.05, 0.1) is 8.07 Å². The third-order valence-electron chi connectivity index (χ3n) is 7.25. The fourth-order valence-electron chi connectivity index (χ4n) is 4.94. The minimum absolute atomic E-state index is 0. The van der Waals surface area contributed by atoms with Crippen LogP contribution in [-0.2, 0) is 20.1 Å². The number of thiophene rings is 1. The Hall–Kier alpha value is -2.95. The van der Waals surface area contributed by atoms with Crippen LogP contribution in [0.15, 0.2) is 91.3 Å². The van der Waals surface area contributed by atoms with E-state index < -0.39 is 8.07 Å². The normalized spacial score (nSPS) is 13.0. The molecule has 3 aromatic heterocycles. The number of pyridine rings is 2. The van der Waals surface area contributed by atoms with Crippen LogP contribution >= 0.6 is 11.3 Å². The molecule has 7 rings (SSSR count). The van der Waals surface area contributed by atoms with Crippen LogP contribution in [0.4, 0.5) is 0 Å². The number of nitrogens with zero attached hydrogens (tertiary/aromatic N) is 2. The van der Waals surface area contributed by atoms with Crippen molar-refractivity contribution < 1.29 is 20.1 Å². The second kappa shape index (κ2) is 11.9. The molecule has 1 aliphatic carbocycles. The Morgan fingerprint density at radius 1 is 0.750 bits per heavy atom. The molecule has 0 spiro atoms. The van der Waals surface area contributed by atoms with Gasteiger partial charge in [0.15, 0.2) is 0 Å². The molecule has 0 aliphatic heterocycles. The summed E-state index contributed by atoms with van der Waals surface area (Å²) < 4.78 is 2.77. The van der Waals surface area contributed by atoms with Gasteiger partial charge in [-0.3, -0.25) is 0 Å². The summed E-state index contributed by atoms with van der Waals surface area (Å²) in [4.78, 5) is 9.10. The molecule has 3 aromatic carbocycles. The van der Waals surface area contributed by atoms with Gasteiger partial charge < -0.3 is 9.97 Å². The van der Waals surface area contributed by atoms with Gasteiger partial charge in [-0.2, -0.15) is 11.3 Å². The van der Waals surface area contributed by atoms with Crippen LogP contribution in [0, 0.1) is 19.1 Å². The summed E-state index contributed by atoms with van der Waals surface area (Å²) in [5.41, 5.74) is 6.78. The predicted octanol–water partition coefficient (Wildman–Crippen LogP) is 9.19. The van der Waals surface area contributed by atoms with E-state index in [-0.39, 0.29) is 20.1 Å². The van der Waals surface area contributed by atoms with E-state index in [1.54, 1.807) is 5.19 Å². The number of aryl methyl sites for hydroxylation is 1. The molecule has 3 heterocycles. The standard InChI is InChI=1S/C23H22NSSi.C12H10N.Ir/c1-26(2,3)21-9-5-7-18-17-6-4-8-19(22(17)25-23(18)21)20-13-12-16(14-24-20)15-10-11-15;1-10-7-8-12(13-9-10)11-5-3-2-4-6-11;/h4-7,9,12-15H,10-11H2,1-3H3;2-5,7-9H,1H3;/q2*-1;. The summed E-state index contributed by atoms with van der Waals surface area (Å²) in [7, 11) is -1.39.